The number of benzene rings is 1. The second-order valence-electron chi connectivity index (χ2n) is 6.36. The number of thiocarbonyl (C=S) groups is 1. The lowest BCUT2D eigenvalue weighted by Crippen LogP contribution is -2.38. The van der Waals surface area contributed by atoms with Crippen molar-refractivity contribution in [3.63, 3.8) is 0 Å². The Bertz CT molecular complexity index is 869. The summed E-state index contributed by atoms with van der Waals surface area (Å²) in [7, 11) is 1.45. The molecule has 0 bridgehead atoms. The van der Waals surface area contributed by atoms with Crippen molar-refractivity contribution < 1.29 is 18.7 Å². The molecule has 0 radical (unpaired) electrons. The standard InChI is InChI=1S/C19H22FN5O3S/c1-3-4-7-24-9-8-23(13-22-24)17-6-5-14(10-16(17)20)25-12-15(28-19(25)26)11-21-18(29)27-2/h5-6,10,13,15H,7-9,11-12H2,1-2H3,(H,21,29). The molecule has 1 atom stereocenters. The number of nitrogens with one attached hydrogen (secondary N) is 1. The van der Waals surface area contributed by atoms with Gasteiger partial charge in [0.15, 0.2) is 0 Å². The van der Waals surface area contributed by atoms with E-state index in [1.165, 1.54) is 18.1 Å². The molecule has 154 valence electrons. The minimum atomic E-state index is -0.528. The predicted octanol–water partition coefficient (Wildman–Crippen LogP) is 1.76. The first-order chi connectivity index (χ1) is 14.0. The zero-order valence-corrected chi connectivity index (χ0v) is 17.0. The van der Waals surface area contributed by atoms with Crippen molar-refractivity contribution in [1.82, 2.24) is 10.3 Å². The number of nitrogens with zero attached hydrogens (tertiary/aromatic N) is 4. The molecule has 1 aromatic rings. The highest BCUT2D eigenvalue weighted by molar-refractivity contribution is 7.80. The van der Waals surface area contributed by atoms with Gasteiger partial charge in [0.2, 0.25) is 0 Å². The molecular formula is C19H22FN5O3S. The number of hydrazone groups is 1. The summed E-state index contributed by atoms with van der Waals surface area (Å²) in [5.74, 6) is 5.34. The van der Waals surface area contributed by atoms with Gasteiger partial charge in [0, 0.05) is 6.54 Å². The summed E-state index contributed by atoms with van der Waals surface area (Å²) in [6.07, 6.45) is 0.646. The third-order valence-corrected chi connectivity index (χ3v) is 4.79. The molecule has 3 rings (SSSR count). The summed E-state index contributed by atoms with van der Waals surface area (Å²) in [6, 6.07) is 4.66. The summed E-state index contributed by atoms with van der Waals surface area (Å²) in [5, 5.41) is 9.17. The van der Waals surface area contributed by atoms with Crippen LogP contribution in [-0.4, -0.2) is 68.6 Å². The van der Waals surface area contributed by atoms with Gasteiger partial charge in [0.25, 0.3) is 5.17 Å². The molecule has 0 saturated carbocycles. The molecule has 1 unspecified atom stereocenters. The molecule has 2 aliphatic rings. The van der Waals surface area contributed by atoms with Crippen LogP contribution in [0.2, 0.25) is 0 Å². The van der Waals surface area contributed by atoms with E-state index in [1.807, 2.05) is 5.01 Å². The van der Waals surface area contributed by atoms with Gasteiger partial charge in [-0.15, -0.1) is 5.92 Å². The number of ether oxygens (including phenoxy) is 2. The van der Waals surface area contributed by atoms with Crippen molar-refractivity contribution >= 4 is 41.2 Å². The molecule has 0 aliphatic carbocycles. The van der Waals surface area contributed by atoms with E-state index in [0.717, 1.165) is 0 Å². The summed E-state index contributed by atoms with van der Waals surface area (Å²) in [4.78, 5) is 15.3. The largest absolute Gasteiger partial charge is 0.474 e. The average Bonchev–Trinajstić information content (AvgIpc) is 3.11. The first-order valence-electron chi connectivity index (χ1n) is 9.06. The molecule has 0 spiro atoms. The molecule has 29 heavy (non-hydrogen) atoms. The summed E-state index contributed by atoms with van der Waals surface area (Å²) in [5.41, 5.74) is 0.830. The van der Waals surface area contributed by atoms with Gasteiger partial charge in [-0.2, -0.15) is 5.10 Å². The number of hydrogen-bond acceptors (Lipinski definition) is 7. The molecule has 2 aliphatic heterocycles. The first kappa shape index (κ1) is 20.7. The van der Waals surface area contributed by atoms with Gasteiger partial charge in [0.1, 0.15) is 18.3 Å². The maximum atomic E-state index is 14.7. The Labute approximate surface area is 174 Å². The van der Waals surface area contributed by atoms with Crippen LogP contribution in [0.25, 0.3) is 0 Å². The SMILES string of the molecule is CC#CCN1CCN(c2ccc(N3CC(CNC(=S)OC)OC3=O)cc2F)C=N1. The van der Waals surface area contributed by atoms with Crippen molar-refractivity contribution in [2.24, 2.45) is 5.10 Å². The van der Waals surface area contributed by atoms with Gasteiger partial charge in [-0.1, -0.05) is 5.92 Å². The van der Waals surface area contributed by atoms with Crippen molar-refractivity contribution in [1.29, 1.82) is 0 Å². The Morgan fingerprint density at radius 2 is 2.31 bits per heavy atom. The molecule has 1 amide bonds. The lowest BCUT2D eigenvalue weighted by Gasteiger charge is -2.29. The van der Waals surface area contributed by atoms with E-state index in [1.54, 1.807) is 30.3 Å². The summed E-state index contributed by atoms with van der Waals surface area (Å²) < 4.78 is 24.9. The van der Waals surface area contributed by atoms with E-state index in [2.05, 4.69) is 22.3 Å². The number of carbonyl (C=O) groups is 1. The lowest BCUT2D eigenvalue weighted by atomic mass is 10.2. The lowest BCUT2D eigenvalue weighted by molar-refractivity contribution is 0.142. The van der Waals surface area contributed by atoms with Crippen molar-refractivity contribution in [2.75, 3.05) is 49.6 Å². The number of cyclic esters (lactones) is 1. The Kier molecular flexibility index (Phi) is 6.72. The minimum Gasteiger partial charge on any atom is -0.474 e. The number of rotatable bonds is 5. The number of hydrogen-bond donors (Lipinski definition) is 1. The summed E-state index contributed by atoms with van der Waals surface area (Å²) >= 11 is 4.90. The van der Waals surface area contributed by atoms with Gasteiger partial charge in [-0.3, -0.25) is 9.91 Å². The van der Waals surface area contributed by atoms with Gasteiger partial charge < -0.3 is 19.7 Å². The van der Waals surface area contributed by atoms with Crippen molar-refractivity contribution in [3.05, 3.63) is 24.0 Å². The van der Waals surface area contributed by atoms with Crippen LogP contribution in [0, 0.1) is 17.7 Å². The molecule has 1 N–H and O–H groups in total. The summed E-state index contributed by atoms with van der Waals surface area (Å²) in [6.45, 7) is 4.16. The number of halogens is 1. The highest BCUT2D eigenvalue weighted by atomic mass is 32.1. The number of methoxy groups -OCH3 is 1. The van der Waals surface area contributed by atoms with Crippen LogP contribution >= 0.6 is 12.2 Å². The van der Waals surface area contributed by atoms with Crippen LogP contribution in [0.3, 0.4) is 0 Å². The number of amides is 1. The van der Waals surface area contributed by atoms with E-state index in [4.69, 9.17) is 21.7 Å². The van der Waals surface area contributed by atoms with E-state index in [9.17, 15) is 9.18 Å². The third-order valence-electron chi connectivity index (χ3n) is 4.48. The van der Waals surface area contributed by atoms with E-state index >= 15 is 0 Å². The topological polar surface area (TPSA) is 69.6 Å². The third kappa shape index (κ3) is 5.06. The fraction of sp³-hybridized carbons (Fsp3) is 0.421. The van der Waals surface area contributed by atoms with Gasteiger partial charge in [-0.25, -0.2) is 9.18 Å². The molecular weight excluding hydrogens is 397 g/mol. The Balaban J connectivity index is 1.64. The van der Waals surface area contributed by atoms with Crippen LogP contribution in [0.5, 0.6) is 0 Å². The first-order valence-corrected chi connectivity index (χ1v) is 9.47. The van der Waals surface area contributed by atoms with Gasteiger partial charge in [-0.05, 0) is 37.3 Å². The Hall–Kier alpha value is -3.06. The van der Waals surface area contributed by atoms with E-state index in [-0.39, 0.29) is 11.7 Å². The van der Waals surface area contributed by atoms with Gasteiger partial charge >= 0.3 is 6.09 Å². The van der Waals surface area contributed by atoms with E-state index in [0.29, 0.717) is 37.6 Å². The maximum absolute atomic E-state index is 14.7. The monoisotopic (exact) mass is 419 g/mol. The highest BCUT2D eigenvalue weighted by Crippen LogP contribution is 2.28. The Morgan fingerprint density at radius 1 is 1.48 bits per heavy atom. The van der Waals surface area contributed by atoms with E-state index < -0.39 is 18.0 Å². The zero-order chi connectivity index (χ0) is 20.8. The Morgan fingerprint density at radius 3 is 2.97 bits per heavy atom. The molecule has 0 aromatic heterocycles. The second kappa shape index (κ2) is 9.43. The minimum absolute atomic E-state index is 0.221. The fourth-order valence-corrected chi connectivity index (χ4v) is 3.03. The normalized spacial score (nSPS) is 18.2. The molecule has 1 saturated heterocycles. The highest BCUT2D eigenvalue weighted by Gasteiger charge is 2.33. The second-order valence-corrected chi connectivity index (χ2v) is 6.73. The van der Waals surface area contributed by atoms with Gasteiger partial charge in [0.05, 0.1) is 44.7 Å². The maximum Gasteiger partial charge on any atom is 0.414 e. The number of carbonyl (C=O) groups excluding carboxylic acids is 1. The smallest absolute Gasteiger partial charge is 0.414 e. The molecule has 1 fully saturated rings. The molecule has 2 heterocycles. The van der Waals surface area contributed by atoms with Crippen LogP contribution < -0.4 is 15.1 Å². The average molecular weight is 419 g/mol. The van der Waals surface area contributed by atoms with Crippen LogP contribution in [0.1, 0.15) is 6.92 Å². The predicted molar refractivity (Wildman–Crippen MR) is 112 cm³/mol. The molecule has 1 aromatic carbocycles. The quantitative estimate of drug-likeness (QED) is 0.576. The fourth-order valence-electron chi connectivity index (χ4n) is 2.95. The van der Waals surface area contributed by atoms with Crippen LogP contribution in [-0.2, 0) is 9.47 Å². The van der Waals surface area contributed by atoms with Crippen molar-refractivity contribution in [2.45, 2.75) is 13.0 Å². The molecule has 10 heteroatoms. The van der Waals surface area contributed by atoms with Crippen LogP contribution in [0.4, 0.5) is 20.6 Å². The van der Waals surface area contributed by atoms with Crippen LogP contribution in [0.15, 0.2) is 23.3 Å². The van der Waals surface area contributed by atoms with Crippen molar-refractivity contribution in [3.8, 4) is 11.8 Å². The zero-order valence-electron chi connectivity index (χ0n) is 16.2. The molecule has 8 nitrogen and oxygen atoms in total. The number of anilines is 2.